The maximum absolute atomic E-state index is 5.50. The Morgan fingerprint density at radius 3 is 2.71 bits per heavy atom. The molecule has 0 bridgehead atoms. The first-order valence-corrected chi connectivity index (χ1v) is 6.85. The molecule has 0 fully saturated rings. The second-order valence-electron chi connectivity index (χ2n) is 4.29. The molecule has 0 saturated carbocycles. The van der Waals surface area contributed by atoms with Gasteiger partial charge < -0.3 is 5.73 Å². The fourth-order valence-electron chi connectivity index (χ4n) is 1.71. The molecule has 2 rings (SSSR count). The van der Waals surface area contributed by atoms with E-state index in [0.29, 0.717) is 0 Å². The first-order chi connectivity index (χ1) is 8.28. The molecule has 17 heavy (non-hydrogen) atoms. The van der Waals surface area contributed by atoms with E-state index in [2.05, 4.69) is 41.6 Å². The number of hydrogen-bond acceptors (Lipinski definition) is 3. The summed E-state index contributed by atoms with van der Waals surface area (Å²) in [5.74, 6) is 0. The molecule has 0 amide bonds. The number of nitrogens with zero attached hydrogens (tertiary/aromatic N) is 1. The van der Waals surface area contributed by atoms with E-state index in [0.717, 1.165) is 25.8 Å². The van der Waals surface area contributed by atoms with Crippen molar-refractivity contribution in [1.82, 2.24) is 4.98 Å². The largest absolute Gasteiger partial charge is 0.330 e. The summed E-state index contributed by atoms with van der Waals surface area (Å²) in [6, 6.07) is 8.66. The molecule has 0 unspecified atom stereocenters. The number of thiazole rings is 1. The van der Waals surface area contributed by atoms with Crippen LogP contribution in [0.15, 0.2) is 29.6 Å². The molecular weight excluding hydrogens is 228 g/mol. The van der Waals surface area contributed by atoms with E-state index in [-0.39, 0.29) is 0 Å². The van der Waals surface area contributed by atoms with Crippen molar-refractivity contribution >= 4 is 11.3 Å². The van der Waals surface area contributed by atoms with Crippen molar-refractivity contribution in [2.75, 3.05) is 6.54 Å². The molecule has 1 heterocycles. The molecular formula is C14H18N2S. The Balaban J connectivity index is 1.98. The van der Waals surface area contributed by atoms with Crippen LogP contribution in [0.25, 0.3) is 0 Å². The van der Waals surface area contributed by atoms with E-state index >= 15 is 0 Å². The van der Waals surface area contributed by atoms with Crippen LogP contribution in [0.4, 0.5) is 0 Å². The van der Waals surface area contributed by atoms with Gasteiger partial charge in [0.25, 0.3) is 0 Å². The molecule has 2 N–H and O–H groups in total. The molecule has 0 spiro atoms. The molecule has 0 saturated heterocycles. The third kappa shape index (κ3) is 3.65. The van der Waals surface area contributed by atoms with Gasteiger partial charge in [-0.15, -0.1) is 11.3 Å². The van der Waals surface area contributed by atoms with Gasteiger partial charge in [-0.2, -0.15) is 0 Å². The van der Waals surface area contributed by atoms with E-state index in [1.807, 2.05) is 0 Å². The van der Waals surface area contributed by atoms with Crippen molar-refractivity contribution in [3.05, 3.63) is 51.5 Å². The van der Waals surface area contributed by atoms with Gasteiger partial charge in [0.2, 0.25) is 0 Å². The van der Waals surface area contributed by atoms with E-state index in [1.165, 1.54) is 21.8 Å². The number of aryl methyl sites for hydroxylation is 2. The average Bonchev–Trinajstić information content (AvgIpc) is 2.77. The number of nitrogens with two attached hydrogens (primary N) is 1. The summed E-state index contributed by atoms with van der Waals surface area (Å²) in [5.41, 5.74) is 9.31. The third-order valence-electron chi connectivity index (χ3n) is 2.71. The van der Waals surface area contributed by atoms with Crippen LogP contribution in [0, 0.1) is 6.92 Å². The van der Waals surface area contributed by atoms with Gasteiger partial charge >= 0.3 is 0 Å². The maximum Gasteiger partial charge on any atom is 0.0972 e. The smallest absolute Gasteiger partial charge is 0.0972 e. The quantitative estimate of drug-likeness (QED) is 0.881. The number of hydrogen-bond donors (Lipinski definition) is 1. The lowest BCUT2D eigenvalue weighted by molar-refractivity contribution is 0.812. The molecule has 0 radical (unpaired) electrons. The minimum absolute atomic E-state index is 0.741. The molecule has 3 heteroatoms. The van der Waals surface area contributed by atoms with Crippen LogP contribution in [-0.2, 0) is 12.8 Å². The van der Waals surface area contributed by atoms with Crippen molar-refractivity contribution in [1.29, 1.82) is 0 Å². The first-order valence-electron chi connectivity index (χ1n) is 5.97. The SMILES string of the molecule is Cc1ccc(Cc2nc(CCCN)cs2)cc1. The van der Waals surface area contributed by atoms with E-state index in [1.54, 1.807) is 11.3 Å². The van der Waals surface area contributed by atoms with Crippen LogP contribution >= 0.6 is 11.3 Å². The average molecular weight is 246 g/mol. The fraction of sp³-hybridized carbons (Fsp3) is 0.357. The fourth-order valence-corrected chi connectivity index (χ4v) is 2.57. The standard InChI is InChI=1S/C14H18N2S/c1-11-4-6-12(7-5-11)9-14-16-13(10-17-14)3-2-8-15/h4-7,10H,2-3,8-9,15H2,1H3. The summed E-state index contributed by atoms with van der Waals surface area (Å²) in [6.45, 7) is 2.85. The number of aromatic nitrogens is 1. The summed E-state index contributed by atoms with van der Waals surface area (Å²) in [4.78, 5) is 4.63. The highest BCUT2D eigenvalue weighted by molar-refractivity contribution is 7.09. The highest BCUT2D eigenvalue weighted by atomic mass is 32.1. The Hall–Kier alpha value is -1.19. The normalized spacial score (nSPS) is 10.7. The highest BCUT2D eigenvalue weighted by Crippen LogP contribution is 2.16. The van der Waals surface area contributed by atoms with Crippen molar-refractivity contribution < 1.29 is 0 Å². The van der Waals surface area contributed by atoms with E-state index in [4.69, 9.17) is 5.73 Å². The van der Waals surface area contributed by atoms with Gasteiger partial charge in [0.15, 0.2) is 0 Å². The summed E-state index contributed by atoms with van der Waals surface area (Å²) < 4.78 is 0. The Bertz CT molecular complexity index is 459. The number of benzene rings is 1. The lowest BCUT2D eigenvalue weighted by atomic mass is 10.1. The molecule has 1 aromatic carbocycles. The second kappa shape index (κ2) is 5.94. The van der Waals surface area contributed by atoms with Crippen LogP contribution in [-0.4, -0.2) is 11.5 Å². The maximum atomic E-state index is 5.50. The van der Waals surface area contributed by atoms with Gasteiger partial charge in [-0.05, 0) is 31.9 Å². The third-order valence-corrected chi connectivity index (χ3v) is 3.61. The lowest BCUT2D eigenvalue weighted by Crippen LogP contribution is -2.00. The summed E-state index contributed by atoms with van der Waals surface area (Å²) in [5, 5.41) is 3.35. The van der Waals surface area contributed by atoms with E-state index in [9.17, 15) is 0 Å². The minimum Gasteiger partial charge on any atom is -0.330 e. The van der Waals surface area contributed by atoms with Gasteiger partial charge in [0, 0.05) is 11.8 Å². The topological polar surface area (TPSA) is 38.9 Å². The molecule has 2 aromatic rings. The molecule has 0 aliphatic heterocycles. The zero-order valence-corrected chi connectivity index (χ0v) is 11.0. The Kier molecular flexibility index (Phi) is 4.29. The van der Waals surface area contributed by atoms with Crippen molar-refractivity contribution in [3.63, 3.8) is 0 Å². The first kappa shape index (κ1) is 12.3. The molecule has 1 aromatic heterocycles. The predicted molar refractivity (Wildman–Crippen MR) is 73.5 cm³/mol. The zero-order valence-electron chi connectivity index (χ0n) is 10.1. The van der Waals surface area contributed by atoms with Gasteiger partial charge in [-0.25, -0.2) is 4.98 Å². The molecule has 0 aliphatic carbocycles. The van der Waals surface area contributed by atoms with Crippen molar-refractivity contribution in [3.8, 4) is 0 Å². The summed E-state index contributed by atoms with van der Waals surface area (Å²) in [7, 11) is 0. The Morgan fingerprint density at radius 1 is 1.24 bits per heavy atom. The Morgan fingerprint density at radius 2 is 2.00 bits per heavy atom. The minimum atomic E-state index is 0.741. The van der Waals surface area contributed by atoms with Crippen molar-refractivity contribution in [2.24, 2.45) is 5.73 Å². The number of rotatable bonds is 5. The van der Waals surface area contributed by atoms with E-state index < -0.39 is 0 Å². The van der Waals surface area contributed by atoms with Gasteiger partial charge in [-0.3, -0.25) is 0 Å². The lowest BCUT2D eigenvalue weighted by Gasteiger charge is -1.98. The molecule has 0 aliphatic rings. The van der Waals surface area contributed by atoms with Crippen LogP contribution in [0.3, 0.4) is 0 Å². The second-order valence-corrected chi connectivity index (χ2v) is 5.23. The van der Waals surface area contributed by atoms with Gasteiger partial charge in [0.1, 0.15) is 0 Å². The van der Waals surface area contributed by atoms with Crippen LogP contribution < -0.4 is 5.73 Å². The van der Waals surface area contributed by atoms with Gasteiger partial charge in [-0.1, -0.05) is 29.8 Å². The monoisotopic (exact) mass is 246 g/mol. The molecule has 90 valence electrons. The highest BCUT2D eigenvalue weighted by Gasteiger charge is 2.03. The van der Waals surface area contributed by atoms with Crippen LogP contribution in [0.2, 0.25) is 0 Å². The van der Waals surface area contributed by atoms with Gasteiger partial charge in [0.05, 0.1) is 10.7 Å². The summed E-state index contributed by atoms with van der Waals surface area (Å²) in [6.07, 6.45) is 2.96. The molecule has 2 nitrogen and oxygen atoms in total. The van der Waals surface area contributed by atoms with Crippen molar-refractivity contribution in [2.45, 2.75) is 26.2 Å². The zero-order chi connectivity index (χ0) is 12.1. The molecule has 0 atom stereocenters. The predicted octanol–water partition coefficient (Wildman–Crippen LogP) is 2.93. The van der Waals surface area contributed by atoms with Crippen LogP contribution in [0.1, 0.15) is 28.2 Å². The van der Waals surface area contributed by atoms with Crippen LogP contribution in [0.5, 0.6) is 0 Å². The summed E-state index contributed by atoms with van der Waals surface area (Å²) >= 11 is 1.75. The Labute approximate surface area is 107 Å².